The fourth-order valence-electron chi connectivity index (χ4n) is 18.5. The SMILES string of the molecule is CC1(C)CC(n2ccnc2)CSSC(CCCO)C2CC(C3CC4CCCC5=C4C(C1=C1CCCC4(CCCC4)C51)C3O)C1(C)CCC3C(=CC(=O)C4CC(O)C(O)CC43C)C21O. The summed E-state index contributed by atoms with van der Waals surface area (Å²) in [5, 5.41) is 60.6. The number of rotatable bonds is 4. The molecular weight excluding hydrogens is 825 g/mol. The minimum Gasteiger partial charge on any atom is -0.396 e. The molecule has 5 N–H and O–H groups in total. The van der Waals surface area contributed by atoms with E-state index in [-0.39, 0.29) is 71.0 Å². The van der Waals surface area contributed by atoms with Gasteiger partial charge in [-0.05, 0) is 161 Å². The standard InChI is InChI=1S/C53H76N2O6S2/c1-49(2)26-31(55-20-19-54-29-55)28-62-63-43(13-9-21-56)39-23-36(51(4)18-14-35-37(53(39,51)61)24-40(57)38-25-41(58)42(59)27-50(35,38)3)34-22-30-10-7-11-32-44(30)45(48(34)60)47(49)33-12-8-17-52(46(32)33)15-5-6-16-52/h19-20,24,29-31,34-36,38-39,41-43,45-46,48,56,58-61H,5-18,21-23,25-28H2,1-4H3. The van der Waals surface area contributed by atoms with E-state index in [0.717, 1.165) is 56.3 Å². The first-order chi connectivity index (χ1) is 30.2. The lowest BCUT2D eigenvalue weighted by Crippen LogP contribution is -2.63. The van der Waals surface area contributed by atoms with Gasteiger partial charge in [-0.2, -0.15) is 0 Å². The molecule has 1 saturated heterocycles. The lowest BCUT2D eigenvalue weighted by molar-refractivity contribution is -0.161. The largest absolute Gasteiger partial charge is 0.396 e. The number of aliphatic hydroxyl groups is 5. The number of fused-ring (bicyclic) bond motifs is 14. The lowest BCUT2D eigenvalue weighted by atomic mass is 9.43. The molecule has 10 aliphatic rings. The Morgan fingerprint density at radius 2 is 1.65 bits per heavy atom. The summed E-state index contributed by atoms with van der Waals surface area (Å²) in [7, 11) is 3.81. The van der Waals surface area contributed by atoms with Gasteiger partial charge in [-0.15, -0.1) is 0 Å². The Morgan fingerprint density at radius 3 is 2.41 bits per heavy atom. The van der Waals surface area contributed by atoms with Crippen LogP contribution in [0, 0.1) is 69.0 Å². The van der Waals surface area contributed by atoms with Crippen LogP contribution in [0.15, 0.2) is 52.7 Å². The fourth-order valence-corrected chi connectivity index (χ4v) is 21.8. The van der Waals surface area contributed by atoms with Crippen LogP contribution in [0.4, 0.5) is 0 Å². The Hall–Kier alpha value is -1.40. The summed E-state index contributed by atoms with van der Waals surface area (Å²) < 4.78 is 2.33. The molecule has 1 aromatic rings. The summed E-state index contributed by atoms with van der Waals surface area (Å²) in [6.07, 6.45) is 24.5. The number of carbonyl (C=O) groups is 1. The van der Waals surface area contributed by atoms with E-state index in [1.54, 1.807) is 22.3 Å². The Morgan fingerprint density at radius 1 is 0.873 bits per heavy atom. The fraction of sp³-hybridized carbons (Fsp3) is 0.811. The van der Waals surface area contributed by atoms with E-state index in [9.17, 15) is 30.3 Å². The van der Waals surface area contributed by atoms with Crippen LogP contribution in [0.1, 0.15) is 156 Å². The van der Waals surface area contributed by atoms with E-state index in [1.807, 2.05) is 40.2 Å². The first kappa shape index (κ1) is 44.1. The second-order valence-corrected chi connectivity index (χ2v) is 26.8. The van der Waals surface area contributed by atoms with Crippen molar-refractivity contribution in [1.82, 2.24) is 9.55 Å². The van der Waals surface area contributed by atoms with Gasteiger partial charge in [0.25, 0.3) is 0 Å². The zero-order chi connectivity index (χ0) is 43.8. The van der Waals surface area contributed by atoms with E-state index in [0.29, 0.717) is 30.1 Å². The van der Waals surface area contributed by atoms with Crippen molar-refractivity contribution in [1.29, 1.82) is 0 Å². The number of hydrogen-bond acceptors (Lipinski definition) is 9. The lowest BCUT2D eigenvalue weighted by Gasteiger charge is -2.62. The number of aromatic nitrogens is 2. The number of aliphatic hydroxyl groups excluding tert-OH is 4. The molecule has 6 saturated carbocycles. The van der Waals surface area contributed by atoms with Crippen molar-refractivity contribution in [3.63, 3.8) is 0 Å². The van der Waals surface area contributed by atoms with Crippen LogP contribution < -0.4 is 0 Å². The molecule has 63 heavy (non-hydrogen) atoms. The van der Waals surface area contributed by atoms with Gasteiger partial charge in [-0.3, -0.25) is 4.79 Å². The second kappa shape index (κ2) is 15.8. The summed E-state index contributed by atoms with van der Waals surface area (Å²) in [4.78, 5) is 19.1. The van der Waals surface area contributed by atoms with Gasteiger partial charge in [0.15, 0.2) is 5.78 Å². The smallest absolute Gasteiger partial charge is 0.159 e. The first-order valence-electron chi connectivity index (χ1n) is 25.5. The van der Waals surface area contributed by atoms with E-state index in [1.165, 1.54) is 57.8 Å². The van der Waals surface area contributed by atoms with Crippen molar-refractivity contribution in [2.45, 2.75) is 185 Å². The third-order valence-electron chi connectivity index (χ3n) is 21.0. The van der Waals surface area contributed by atoms with Gasteiger partial charge in [0, 0.05) is 65.1 Å². The van der Waals surface area contributed by atoms with Crippen LogP contribution in [-0.4, -0.2) is 82.4 Å². The van der Waals surface area contributed by atoms with Crippen LogP contribution >= 0.6 is 21.6 Å². The Bertz CT molecular complexity index is 2060. The van der Waals surface area contributed by atoms with Gasteiger partial charge in [0.2, 0.25) is 0 Å². The average molecular weight is 901 g/mol. The maximum atomic E-state index is 14.5. The molecule has 1 spiro atoms. The van der Waals surface area contributed by atoms with Crippen LogP contribution in [-0.2, 0) is 4.79 Å². The van der Waals surface area contributed by atoms with Crippen molar-refractivity contribution in [3.8, 4) is 0 Å². The topological polar surface area (TPSA) is 136 Å². The number of nitrogens with zero attached hydrogens (tertiary/aromatic N) is 2. The first-order valence-corrected chi connectivity index (χ1v) is 27.9. The van der Waals surface area contributed by atoms with Crippen LogP contribution in [0.2, 0.25) is 0 Å². The Labute approximate surface area is 384 Å². The summed E-state index contributed by atoms with van der Waals surface area (Å²) in [6, 6.07) is 0.179. The predicted molar refractivity (Wildman–Crippen MR) is 250 cm³/mol. The van der Waals surface area contributed by atoms with E-state index in [2.05, 4.69) is 43.4 Å². The van der Waals surface area contributed by atoms with Crippen molar-refractivity contribution >= 4 is 27.4 Å². The van der Waals surface area contributed by atoms with Gasteiger partial charge in [-0.25, -0.2) is 4.98 Å². The molecule has 8 nitrogen and oxygen atoms in total. The molecule has 0 radical (unpaired) electrons. The molecular formula is C53H76N2O6S2. The summed E-state index contributed by atoms with van der Waals surface area (Å²) >= 11 is 0. The number of carbonyl (C=O) groups excluding carboxylic acids is 1. The monoisotopic (exact) mass is 901 g/mol. The highest BCUT2D eigenvalue weighted by atomic mass is 33.1. The highest BCUT2D eigenvalue weighted by molar-refractivity contribution is 8.76. The number of hydrogen-bond donors (Lipinski definition) is 5. The molecule has 2 heterocycles. The van der Waals surface area contributed by atoms with Crippen LogP contribution in [0.5, 0.6) is 0 Å². The van der Waals surface area contributed by atoms with Crippen molar-refractivity contribution in [3.05, 3.63) is 52.7 Å². The van der Waals surface area contributed by atoms with Gasteiger partial charge >= 0.3 is 0 Å². The zero-order valence-electron chi connectivity index (χ0n) is 38.5. The van der Waals surface area contributed by atoms with E-state index >= 15 is 0 Å². The van der Waals surface area contributed by atoms with E-state index < -0.39 is 34.7 Å². The number of allylic oxidation sites excluding steroid dienone is 3. The normalized spacial score (nSPS) is 47.6. The molecule has 16 unspecified atom stereocenters. The quantitative estimate of drug-likeness (QED) is 0.148. The molecule has 0 amide bonds. The Balaban J connectivity index is 1.10. The number of imidazole rings is 1. The highest BCUT2D eigenvalue weighted by Crippen LogP contribution is 2.74. The molecule has 1 aromatic heterocycles. The third-order valence-corrected chi connectivity index (χ3v) is 24.0. The Kier molecular flexibility index (Phi) is 11.1. The predicted octanol–water partition coefficient (Wildman–Crippen LogP) is 9.57. The van der Waals surface area contributed by atoms with Gasteiger partial charge in [0.05, 0.1) is 30.2 Å². The van der Waals surface area contributed by atoms with Crippen molar-refractivity contribution in [2.24, 2.45) is 69.0 Å². The summed E-state index contributed by atoms with van der Waals surface area (Å²) in [5.41, 5.74) is 5.29. The maximum Gasteiger partial charge on any atom is 0.159 e. The van der Waals surface area contributed by atoms with Crippen LogP contribution in [0.25, 0.3) is 0 Å². The van der Waals surface area contributed by atoms with Crippen molar-refractivity contribution in [2.75, 3.05) is 12.4 Å². The molecule has 346 valence electrons. The van der Waals surface area contributed by atoms with E-state index in [4.69, 9.17) is 0 Å². The molecule has 9 aliphatic carbocycles. The maximum absolute atomic E-state index is 14.5. The molecule has 16 atom stereocenters. The molecule has 1 aliphatic heterocycles. The minimum absolute atomic E-state index is 0.00201. The number of ketones is 1. The summed E-state index contributed by atoms with van der Waals surface area (Å²) in [6.45, 7) is 9.63. The molecule has 4 bridgehead atoms. The molecule has 10 heteroatoms. The summed E-state index contributed by atoms with van der Waals surface area (Å²) in [5.74, 6) is 1.23. The second-order valence-electron chi connectivity index (χ2n) is 24.1. The van der Waals surface area contributed by atoms with Gasteiger partial charge in [0.1, 0.15) is 0 Å². The van der Waals surface area contributed by atoms with Gasteiger partial charge in [-0.1, -0.05) is 84.4 Å². The van der Waals surface area contributed by atoms with Crippen molar-refractivity contribution < 1.29 is 30.3 Å². The zero-order valence-corrected chi connectivity index (χ0v) is 40.2. The van der Waals surface area contributed by atoms with Gasteiger partial charge < -0.3 is 30.1 Å². The third kappa shape index (κ3) is 6.38. The van der Waals surface area contributed by atoms with Crippen LogP contribution in [0.3, 0.4) is 0 Å². The molecule has 11 rings (SSSR count). The molecule has 0 aromatic carbocycles. The average Bonchev–Trinajstić information content (AvgIpc) is 4.01. The highest BCUT2D eigenvalue weighted by Gasteiger charge is 2.72. The molecule has 7 fully saturated rings. The minimum atomic E-state index is -1.30.